The topological polar surface area (TPSA) is 92.6 Å². The van der Waals surface area contributed by atoms with Gasteiger partial charge < -0.3 is 24.2 Å². The minimum Gasteiger partial charge on any atom is -0.497 e. The summed E-state index contributed by atoms with van der Waals surface area (Å²) in [6.07, 6.45) is 3.01. The van der Waals surface area contributed by atoms with Crippen molar-refractivity contribution in [3.8, 4) is 11.5 Å². The monoisotopic (exact) mass is 447 g/mol. The number of aliphatic hydroxyl groups excluding tert-OH is 1. The molecule has 0 saturated heterocycles. The number of nitrogens with one attached hydrogen (secondary N) is 1. The molecule has 32 heavy (non-hydrogen) atoms. The highest BCUT2D eigenvalue weighted by Crippen LogP contribution is 2.35. The van der Waals surface area contributed by atoms with Crippen LogP contribution in [0.3, 0.4) is 0 Å². The van der Waals surface area contributed by atoms with Crippen LogP contribution in [0, 0.1) is 0 Å². The van der Waals surface area contributed by atoms with Crippen LogP contribution in [-0.2, 0) is 11.3 Å². The van der Waals surface area contributed by atoms with E-state index in [4.69, 9.17) is 19.2 Å². The zero-order valence-electron chi connectivity index (χ0n) is 20.1. The van der Waals surface area contributed by atoms with E-state index in [9.17, 15) is 9.90 Å². The van der Waals surface area contributed by atoms with Crippen molar-refractivity contribution in [2.75, 3.05) is 14.2 Å². The number of methoxy groups -OCH3 is 2. The number of carbonyl (C=O) groups is 1. The van der Waals surface area contributed by atoms with Crippen LogP contribution in [0.15, 0.2) is 35.8 Å². The summed E-state index contributed by atoms with van der Waals surface area (Å²) in [5.74, 6) is 1.56. The number of aliphatic imine (C=N–C) groups is 1. The largest absolute Gasteiger partial charge is 0.497 e. The summed E-state index contributed by atoms with van der Waals surface area (Å²) in [6.45, 7) is 11.5. The lowest BCUT2D eigenvalue weighted by molar-refractivity contribution is 0.00281. The van der Waals surface area contributed by atoms with Gasteiger partial charge in [-0.25, -0.2) is 9.79 Å². The molecule has 0 fully saturated rings. The minimum atomic E-state index is -0.853. The van der Waals surface area contributed by atoms with Gasteiger partial charge in [0, 0.05) is 18.1 Å². The molecule has 1 aromatic rings. The summed E-state index contributed by atoms with van der Waals surface area (Å²) >= 11 is 0. The minimum absolute atomic E-state index is 0.279. The maximum atomic E-state index is 12.6. The molecule has 0 aliphatic carbocycles. The van der Waals surface area contributed by atoms with Crippen LogP contribution in [0.1, 0.15) is 58.9 Å². The number of rotatable bonds is 8. The second-order valence-corrected chi connectivity index (χ2v) is 8.96. The molecule has 1 aromatic carbocycles. The first-order valence-corrected chi connectivity index (χ1v) is 10.9. The molecule has 8 heteroatoms. The van der Waals surface area contributed by atoms with Crippen LogP contribution in [0.25, 0.3) is 0 Å². The first-order valence-electron chi connectivity index (χ1n) is 10.9. The number of allylic oxidation sites excluding steroid dienone is 1. The van der Waals surface area contributed by atoms with Gasteiger partial charge in [-0.3, -0.25) is 5.32 Å². The molecule has 0 bridgehead atoms. The van der Waals surface area contributed by atoms with Gasteiger partial charge in [0.15, 0.2) is 0 Å². The van der Waals surface area contributed by atoms with Crippen molar-refractivity contribution in [2.24, 2.45) is 4.99 Å². The number of nitrogens with zero attached hydrogens (tertiary/aromatic N) is 2. The Kier molecular flexibility index (Phi) is 8.55. The molecule has 1 heterocycles. The van der Waals surface area contributed by atoms with Gasteiger partial charge in [0.05, 0.1) is 26.3 Å². The van der Waals surface area contributed by atoms with Gasteiger partial charge in [-0.1, -0.05) is 13.0 Å². The van der Waals surface area contributed by atoms with Gasteiger partial charge in [0.25, 0.3) is 0 Å². The third-order valence-electron chi connectivity index (χ3n) is 5.46. The standard InChI is InChI=1S/C24H37N3O5/c1-8-10-13-24(9-2)15-20(28)27(21(26-24)25-22(29)32-23(3,4)5)16-17-11-12-18(30-6)14-19(17)31-7/h8,11-12,14,20,28H,1,9-10,13,15-16H2,2-7H3,(H,25,26,29)/t20?,24-/m1/s1. The Hall–Kier alpha value is -2.74. The van der Waals surface area contributed by atoms with Gasteiger partial charge in [-0.2, -0.15) is 0 Å². The number of aliphatic hydroxyl groups is 1. The van der Waals surface area contributed by atoms with Crippen molar-refractivity contribution < 1.29 is 24.1 Å². The molecular weight excluding hydrogens is 410 g/mol. The van der Waals surface area contributed by atoms with E-state index in [1.165, 1.54) is 0 Å². The zero-order chi connectivity index (χ0) is 23.9. The van der Waals surface area contributed by atoms with Gasteiger partial charge in [0.1, 0.15) is 23.3 Å². The van der Waals surface area contributed by atoms with E-state index in [2.05, 4.69) is 11.9 Å². The van der Waals surface area contributed by atoms with Crippen LogP contribution < -0.4 is 14.8 Å². The number of benzene rings is 1. The Morgan fingerprint density at radius 2 is 2.09 bits per heavy atom. The summed E-state index contributed by atoms with van der Waals surface area (Å²) in [4.78, 5) is 19.1. The quantitative estimate of drug-likeness (QED) is 0.580. The molecule has 2 atom stereocenters. The summed E-state index contributed by atoms with van der Waals surface area (Å²) < 4.78 is 16.2. The van der Waals surface area contributed by atoms with E-state index in [0.29, 0.717) is 17.9 Å². The van der Waals surface area contributed by atoms with E-state index in [-0.39, 0.29) is 12.5 Å². The zero-order valence-corrected chi connectivity index (χ0v) is 20.1. The van der Waals surface area contributed by atoms with Crippen LogP contribution in [0.5, 0.6) is 11.5 Å². The SMILES string of the molecule is C=CCC[C@]1(CC)CC(O)N(Cc2ccc(OC)cc2OC)C(NC(=O)OC(C)(C)C)=N1. The van der Waals surface area contributed by atoms with Crippen molar-refractivity contribution in [1.29, 1.82) is 0 Å². The highest BCUT2D eigenvalue weighted by Gasteiger charge is 2.40. The Labute approximate surface area is 191 Å². The third-order valence-corrected chi connectivity index (χ3v) is 5.46. The van der Waals surface area contributed by atoms with E-state index < -0.39 is 23.5 Å². The average molecular weight is 448 g/mol. The molecule has 1 aliphatic rings. The summed E-state index contributed by atoms with van der Waals surface area (Å²) in [7, 11) is 3.17. The van der Waals surface area contributed by atoms with Gasteiger partial charge in [-0.15, -0.1) is 6.58 Å². The molecule has 2 rings (SSSR count). The highest BCUT2D eigenvalue weighted by molar-refractivity contribution is 5.94. The Bertz CT molecular complexity index is 833. The number of carbonyl (C=O) groups excluding carboxylic acids is 1. The molecule has 2 N–H and O–H groups in total. The second-order valence-electron chi connectivity index (χ2n) is 8.96. The lowest BCUT2D eigenvalue weighted by Gasteiger charge is -2.43. The van der Waals surface area contributed by atoms with Crippen molar-refractivity contribution >= 4 is 12.1 Å². The lowest BCUT2D eigenvalue weighted by atomic mass is 9.85. The van der Waals surface area contributed by atoms with E-state index in [1.807, 2.05) is 25.1 Å². The molecule has 1 aliphatic heterocycles. The predicted octanol–water partition coefficient (Wildman–Crippen LogP) is 4.22. The summed E-state index contributed by atoms with van der Waals surface area (Å²) in [5, 5.41) is 13.9. The van der Waals surface area contributed by atoms with Crippen molar-refractivity contribution in [3.05, 3.63) is 36.4 Å². The number of amides is 1. The fourth-order valence-electron chi connectivity index (χ4n) is 3.70. The van der Waals surface area contributed by atoms with Crippen LogP contribution in [0.4, 0.5) is 4.79 Å². The van der Waals surface area contributed by atoms with E-state index >= 15 is 0 Å². The molecule has 1 unspecified atom stereocenters. The summed E-state index contributed by atoms with van der Waals surface area (Å²) in [5.41, 5.74) is -0.341. The van der Waals surface area contributed by atoms with E-state index in [0.717, 1.165) is 24.8 Å². The van der Waals surface area contributed by atoms with Crippen molar-refractivity contribution in [2.45, 2.75) is 77.3 Å². The van der Waals surface area contributed by atoms with E-state index in [1.54, 1.807) is 46.0 Å². The predicted molar refractivity (Wildman–Crippen MR) is 125 cm³/mol. The number of guanidine groups is 1. The highest BCUT2D eigenvalue weighted by atomic mass is 16.6. The van der Waals surface area contributed by atoms with Crippen molar-refractivity contribution in [3.63, 3.8) is 0 Å². The van der Waals surface area contributed by atoms with Gasteiger partial charge in [-0.05, 0) is 52.2 Å². The fraction of sp³-hybridized carbons (Fsp3) is 0.583. The second kappa shape index (κ2) is 10.7. The molecule has 1 amide bonds. The molecular formula is C24H37N3O5. The molecule has 0 aromatic heterocycles. The van der Waals surface area contributed by atoms with Gasteiger partial charge in [0.2, 0.25) is 5.96 Å². The maximum Gasteiger partial charge on any atom is 0.414 e. The number of hydrogen-bond acceptors (Lipinski definition) is 7. The first kappa shape index (κ1) is 25.5. The Morgan fingerprint density at radius 3 is 2.66 bits per heavy atom. The van der Waals surface area contributed by atoms with Gasteiger partial charge >= 0.3 is 6.09 Å². The lowest BCUT2D eigenvalue weighted by Crippen LogP contribution is -2.56. The number of ether oxygens (including phenoxy) is 3. The first-order chi connectivity index (χ1) is 15.1. The van der Waals surface area contributed by atoms with Crippen LogP contribution >= 0.6 is 0 Å². The number of alkyl carbamates (subject to hydrolysis) is 1. The third kappa shape index (κ3) is 6.63. The van der Waals surface area contributed by atoms with Crippen LogP contribution in [0.2, 0.25) is 0 Å². The molecule has 8 nitrogen and oxygen atoms in total. The normalized spacial score (nSPS) is 20.9. The maximum absolute atomic E-state index is 12.6. The smallest absolute Gasteiger partial charge is 0.414 e. The Morgan fingerprint density at radius 1 is 1.38 bits per heavy atom. The molecule has 0 saturated carbocycles. The molecule has 0 spiro atoms. The van der Waals surface area contributed by atoms with Crippen molar-refractivity contribution in [1.82, 2.24) is 10.2 Å². The molecule has 0 radical (unpaired) electrons. The average Bonchev–Trinajstić information content (AvgIpc) is 2.73. The fourth-order valence-corrected chi connectivity index (χ4v) is 3.70. The molecule has 178 valence electrons. The Balaban J connectivity index is 2.42. The summed E-state index contributed by atoms with van der Waals surface area (Å²) in [6, 6.07) is 5.48. The van der Waals surface area contributed by atoms with Crippen LogP contribution in [-0.4, -0.2) is 53.6 Å². The number of hydrogen-bond donors (Lipinski definition) is 2.